The van der Waals surface area contributed by atoms with Crippen molar-refractivity contribution in [2.45, 2.75) is 32.5 Å². The molecule has 1 aliphatic rings. The number of carbonyl (C=O) groups excluding carboxylic acids is 1. The number of anilines is 1. The first-order chi connectivity index (χ1) is 14.7. The SMILES string of the molecule is Cn1nnnc1N1CCn2c(nc(C(=O)NCc3ccc(F)cc3)c(O)c2=O)C1(C)C. The van der Waals surface area contributed by atoms with Crippen LogP contribution in [0.25, 0.3) is 0 Å². The molecule has 162 valence electrons. The summed E-state index contributed by atoms with van der Waals surface area (Å²) >= 11 is 0. The third kappa shape index (κ3) is 3.49. The molecule has 2 aromatic heterocycles. The van der Waals surface area contributed by atoms with Gasteiger partial charge in [-0.25, -0.2) is 14.1 Å². The van der Waals surface area contributed by atoms with E-state index in [4.69, 9.17) is 0 Å². The molecule has 0 spiro atoms. The Kier molecular flexibility index (Phi) is 4.91. The standard InChI is InChI=1S/C19H21FN8O3/c1-19(2)17-22-13(15(30)21-10-11-4-6-12(20)7-5-11)14(29)16(31)27(17)8-9-28(19)18-23-24-25-26(18)3/h4-7,29H,8-10H2,1-3H3,(H,21,30). The van der Waals surface area contributed by atoms with Crippen LogP contribution in [0.3, 0.4) is 0 Å². The van der Waals surface area contributed by atoms with Gasteiger partial charge in [-0.15, -0.1) is 0 Å². The fraction of sp³-hybridized carbons (Fsp3) is 0.368. The maximum Gasteiger partial charge on any atom is 0.296 e. The van der Waals surface area contributed by atoms with E-state index in [0.717, 1.165) is 0 Å². The zero-order valence-electron chi connectivity index (χ0n) is 17.2. The van der Waals surface area contributed by atoms with Crippen molar-refractivity contribution in [2.75, 3.05) is 11.4 Å². The van der Waals surface area contributed by atoms with Crippen LogP contribution < -0.4 is 15.8 Å². The minimum atomic E-state index is -0.848. The molecule has 3 aromatic rings. The maximum absolute atomic E-state index is 13.1. The molecular weight excluding hydrogens is 407 g/mol. The predicted octanol–water partition coefficient (Wildman–Crippen LogP) is 0.297. The molecule has 0 saturated heterocycles. The number of carbonyl (C=O) groups is 1. The summed E-state index contributed by atoms with van der Waals surface area (Å²) < 4.78 is 15.9. The maximum atomic E-state index is 13.1. The van der Waals surface area contributed by atoms with Crippen LogP contribution in [-0.4, -0.2) is 47.3 Å². The molecule has 0 fully saturated rings. The number of aryl methyl sites for hydroxylation is 1. The number of nitrogens with zero attached hydrogens (tertiary/aromatic N) is 7. The van der Waals surface area contributed by atoms with Crippen LogP contribution >= 0.6 is 0 Å². The third-order valence-electron chi connectivity index (χ3n) is 5.34. The van der Waals surface area contributed by atoms with Gasteiger partial charge >= 0.3 is 0 Å². The van der Waals surface area contributed by atoms with Crippen molar-refractivity contribution >= 4 is 11.9 Å². The lowest BCUT2D eigenvalue weighted by molar-refractivity contribution is 0.0941. The van der Waals surface area contributed by atoms with Gasteiger partial charge in [0.15, 0.2) is 5.69 Å². The highest BCUT2D eigenvalue weighted by atomic mass is 19.1. The second-order valence-corrected chi connectivity index (χ2v) is 7.71. The van der Waals surface area contributed by atoms with Gasteiger partial charge in [0.25, 0.3) is 11.5 Å². The van der Waals surface area contributed by atoms with Gasteiger partial charge in [-0.1, -0.05) is 17.2 Å². The monoisotopic (exact) mass is 428 g/mol. The number of fused-ring (bicyclic) bond motifs is 1. The molecule has 3 heterocycles. The molecule has 31 heavy (non-hydrogen) atoms. The van der Waals surface area contributed by atoms with Crippen molar-refractivity contribution < 1.29 is 14.3 Å². The number of hydrogen-bond acceptors (Lipinski definition) is 8. The smallest absolute Gasteiger partial charge is 0.296 e. The molecule has 0 atom stereocenters. The molecule has 0 bridgehead atoms. The van der Waals surface area contributed by atoms with E-state index in [1.165, 1.54) is 33.5 Å². The highest BCUT2D eigenvalue weighted by Gasteiger charge is 2.41. The van der Waals surface area contributed by atoms with Gasteiger partial charge in [-0.05, 0) is 42.0 Å². The zero-order chi connectivity index (χ0) is 22.3. The van der Waals surface area contributed by atoms with Crippen molar-refractivity contribution in [1.29, 1.82) is 0 Å². The van der Waals surface area contributed by atoms with E-state index in [9.17, 15) is 19.1 Å². The van der Waals surface area contributed by atoms with Crippen LogP contribution in [0.5, 0.6) is 5.75 Å². The topological polar surface area (TPSA) is 131 Å². The molecule has 1 aromatic carbocycles. The van der Waals surface area contributed by atoms with Crippen molar-refractivity contribution in [3.63, 3.8) is 0 Å². The lowest BCUT2D eigenvalue weighted by Crippen LogP contribution is -2.54. The average Bonchev–Trinajstić information content (AvgIpc) is 3.15. The molecule has 2 N–H and O–H groups in total. The van der Waals surface area contributed by atoms with Gasteiger partial charge in [0.05, 0.1) is 5.54 Å². The number of nitrogens with one attached hydrogen (secondary N) is 1. The molecule has 0 radical (unpaired) electrons. The van der Waals surface area contributed by atoms with Gasteiger partial charge in [-0.3, -0.25) is 14.2 Å². The number of halogens is 1. The third-order valence-corrected chi connectivity index (χ3v) is 5.34. The van der Waals surface area contributed by atoms with Crippen molar-refractivity contribution in [3.05, 3.63) is 57.5 Å². The number of hydrogen-bond donors (Lipinski definition) is 2. The minimum Gasteiger partial charge on any atom is -0.501 e. The fourth-order valence-corrected chi connectivity index (χ4v) is 3.65. The van der Waals surface area contributed by atoms with Gasteiger partial charge in [0, 0.05) is 26.7 Å². The van der Waals surface area contributed by atoms with Crippen LogP contribution in [0.1, 0.15) is 35.7 Å². The van der Waals surface area contributed by atoms with Crippen LogP contribution in [-0.2, 0) is 25.7 Å². The van der Waals surface area contributed by atoms with Gasteiger partial charge < -0.3 is 15.3 Å². The van der Waals surface area contributed by atoms with E-state index in [-0.39, 0.29) is 24.6 Å². The Morgan fingerprint density at radius 1 is 1.26 bits per heavy atom. The van der Waals surface area contributed by atoms with E-state index >= 15 is 0 Å². The van der Waals surface area contributed by atoms with Crippen LogP contribution in [0.4, 0.5) is 10.3 Å². The molecule has 0 aliphatic carbocycles. The van der Waals surface area contributed by atoms with E-state index < -0.39 is 22.8 Å². The normalized spacial score (nSPS) is 14.9. The Morgan fingerprint density at radius 3 is 2.61 bits per heavy atom. The number of amides is 1. The van der Waals surface area contributed by atoms with E-state index in [2.05, 4.69) is 25.8 Å². The fourth-order valence-electron chi connectivity index (χ4n) is 3.65. The summed E-state index contributed by atoms with van der Waals surface area (Å²) in [5.41, 5.74) is -1.25. The van der Waals surface area contributed by atoms with E-state index in [1.54, 1.807) is 7.05 Å². The summed E-state index contributed by atoms with van der Waals surface area (Å²) in [7, 11) is 1.70. The largest absolute Gasteiger partial charge is 0.501 e. The summed E-state index contributed by atoms with van der Waals surface area (Å²) in [6.07, 6.45) is 0. The number of benzene rings is 1. The van der Waals surface area contributed by atoms with Crippen LogP contribution in [0.15, 0.2) is 29.1 Å². The quantitative estimate of drug-likeness (QED) is 0.607. The number of rotatable bonds is 4. The van der Waals surface area contributed by atoms with E-state index in [1.807, 2.05) is 18.7 Å². The molecule has 0 saturated carbocycles. The van der Waals surface area contributed by atoms with E-state index in [0.29, 0.717) is 23.9 Å². The molecule has 1 amide bonds. The number of aromatic hydroxyl groups is 1. The molecular formula is C19H21FN8O3. The second kappa shape index (κ2) is 7.45. The Morgan fingerprint density at radius 2 is 1.97 bits per heavy atom. The predicted molar refractivity (Wildman–Crippen MR) is 107 cm³/mol. The Bertz CT molecular complexity index is 1200. The first-order valence-electron chi connectivity index (χ1n) is 9.57. The Balaban J connectivity index is 1.68. The van der Waals surface area contributed by atoms with Gasteiger partial charge in [0.1, 0.15) is 11.6 Å². The first-order valence-corrected chi connectivity index (χ1v) is 9.57. The second-order valence-electron chi connectivity index (χ2n) is 7.71. The number of aromatic nitrogens is 6. The van der Waals surface area contributed by atoms with Crippen LogP contribution in [0, 0.1) is 5.82 Å². The molecule has 4 rings (SSSR count). The summed E-state index contributed by atoms with van der Waals surface area (Å²) in [6.45, 7) is 4.39. The highest BCUT2D eigenvalue weighted by molar-refractivity contribution is 5.94. The van der Waals surface area contributed by atoms with Gasteiger partial charge in [-0.2, -0.15) is 0 Å². The summed E-state index contributed by atoms with van der Waals surface area (Å²) in [4.78, 5) is 31.7. The minimum absolute atomic E-state index is 0.0821. The molecule has 1 aliphatic heterocycles. The Labute approximate surface area is 176 Å². The van der Waals surface area contributed by atoms with Crippen molar-refractivity contribution in [1.82, 2.24) is 35.1 Å². The average molecular weight is 428 g/mol. The van der Waals surface area contributed by atoms with Crippen LogP contribution in [0.2, 0.25) is 0 Å². The molecule has 11 nitrogen and oxygen atoms in total. The lowest BCUT2D eigenvalue weighted by Gasteiger charge is -2.43. The first kappa shape index (κ1) is 20.4. The molecule has 0 unspecified atom stereocenters. The van der Waals surface area contributed by atoms with Crippen molar-refractivity contribution in [2.24, 2.45) is 7.05 Å². The Hall–Kier alpha value is -3.83. The van der Waals surface area contributed by atoms with Crippen molar-refractivity contribution in [3.8, 4) is 5.75 Å². The lowest BCUT2D eigenvalue weighted by atomic mass is 9.98. The summed E-state index contributed by atoms with van der Waals surface area (Å²) in [5.74, 6) is -1.03. The summed E-state index contributed by atoms with van der Waals surface area (Å²) in [6, 6.07) is 5.61. The van der Waals surface area contributed by atoms with Gasteiger partial charge in [0.2, 0.25) is 11.7 Å². The number of tetrazole rings is 1. The molecule has 12 heteroatoms. The zero-order valence-corrected chi connectivity index (χ0v) is 17.2. The highest BCUT2D eigenvalue weighted by Crippen LogP contribution is 2.33. The summed E-state index contributed by atoms with van der Waals surface area (Å²) in [5, 5.41) is 24.5.